The highest BCUT2D eigenvalue weighted by molar-refractivity contribution is 7.89. The van der Waals surface area contributed by atoms with Gasteiger partial charge in [-0.15, -0.1) is 0 Å². The van der Waals surface area contributed by atoms with Gasteiger partial charge in [0.1, 0.15) is 5.82 Å². The number of piperidine rings is 2. The monoisotopic (exact) mass is 342 g/mol. The van der Waals surface area contributed by atoms with Crippen molar-refractivity contribution in [3.63, 3.8) is 0 Å². The van der Waals surface area contributed by atoms with Crippen molar-refractivity contribution in [1.82, 2.24) is 19.2 Å². The molecule has 130 valence electrons. The van der Waals surface area contributed by atoms with Crippen LogP contribution in [-0.4, -0.2) is 72.0 Å². The lowest BCUT2D eigenvalue weighted by atomic mass is 9.69. The highest BCUT2D eigenvalue weighted by Crippen LogP contribution is 2.42. The van der Waals surface area contributed by atoms with Crippen LogP contribution in [0.15, 0.2) is 11.2 Å². The first-order valence-electron chi connectivity index (χ1n) is 8.28. The van der Waals surface area contributed by atoms with Crippen molar-refractivity contribution in [2.75, 3.05) is 33.3 Å². The first-order chi connectivity index (χ1) is 10.9. The predicted molar refractivity (Wildman–Crippen MR) is 86.5 cm³/mol. The molecular weight excluding hydrogens is 316 g/mol. The van der Waals surface area contributed by atoms with E-state index in [1.807, 2.05) is 14.0 Å². The number of hydrogen-bond acceptors (Lipinski definition) is 5. The number of imidazole rings is 1. The third-order valence-electron chi connectivity index (χ3n) is 5.53. The number of likely N-dealkylation sites (N-methyl/N-ethyl adjacent to an activating group) is 1. The van der Waals surface area contributed by atoms with Gasteiger partial charge in [0.2, 0.25) is 0 Å². The van der Waals surface area contributed by atoms with Crippen LogP contribution in [0.2, 0.25) is 0 Å². The topological polar surface area (TPSA) is 89.5 Å². The van der Waals surface area contributed by atoms with Crippen molar-refractivity contribution in [1.29, 1.82) is 0 Å². The van der Waals surface area contributed by atoms with Crippen molar-refractivity contribution in [3.8, 4) is 0 Å². The molecule has 2 aliphatic rings. The van der Waals surface area contributed by atoms with Crippen LogP contribution in [0.1, 0.15) is 32.0 Å². The van der Waals surface area contributed by atoms with Gasteiger partial charge in [0.05, 0.1) is 12.8 Å². The van der Waals surface area contributed by atoms with Crippen molar-refractivity contribution >= 4 is 10.0 Å². The molecule has 2 saturated heterocycles. The second kappa shape index (κ2) is 6.16. The van der Waals surface area contributed by atoms with Crippen molar-refractivity contribution < 1.29 is 13.5 Å². The van der Waals surface area contributed by atoms with Crippen molar-refractivity contribution in [2.45, 2.75) is 43.7 Å². The van der Waals surface area contributed by atoms with Crippen LogP contribution >= 0.6 is 0 Å². The number of nitrogens with one attached hydrogen (secondary N) is 1. The molecule has 1 aromatic rings. The Labute approximate surface area is 137 Å². The summed E-state index contributed by atoms with van der Waals surface area (Å²) in [7, 11) is -1.53. The van der Waals surface area contributed by atoms with Crippen molar-refractivity contribution in [2.24, 2.45) is 5.41 Å². The summed E-state index contributed by atoms with van der Waals surface area (Å²) in [5, 5.41) is 10.1. The van der Waals surface area contributed by atoms with Crippen LogP contribution in [0.3, 0.4) is 0 Å². The fourth-order valence-electron chi connectivity index (χ4n) is 4.00. The summed E-state index contributed by atoms with van der Waals surface area (Å²) in [6.45, 7) is 3.89. The number of aliphatic hydroxyl groups is 1. The van der Waals surface area contributed by atoms with E-state index in [1.165, 1.54) is 6.20 Å². The number of H-pyrrole nitrogens is 1. The molecule has 0 unspecified atom stereocenters. The minimum atomic E-state index is -3.55. The smallest absolute Gasteiger partial charge is 0.260 e. The number of aryl methyl sites for hydroxylation is 1. The molecule has 8 heteroatoms. The van der Waals surface area contributed by atoms with Gasteiger partial charge in [0.15, 0.2) is 5.03 Å². The second-order valence-electron chi connectivity index (χ2n) is 6.78. The minimum absolute atomic E-state index is 0.0679. The molecule has 0 saturated carbocycles. The minimum Gasteiger partial charge on any atom is -0.396 e. The molecule has 1 aromatic heterocycles. The molecule has 2 fully saturated rings. The van der Waals surface area contributed by atoms with Crippen LogP contribution < -0.4 is 0 Å². The highest BCUT2D eigenvalue weighted by Gasteiger charge is 2.48. The molecule has 3 heterocycles. The molecule has 0 spiro atoms. The third-order valence-corrected chi connectivity index (χ3v) is 7.31. The maximum atomic E-state index is 12.9. The van der Waals surface area contributed by atoms with E-state index >= 15 is 0 Å². The van der Waals surface area contributed by atoms with E-state index in [0.717, 1.165) is 19.4 Å². The Kier molecular flexibility index (Phi) is 4.52. The van der Waals surface area contributed by atoms with Gasteiger partial charge in [-0.3, -0.25) is 0 Å². The highest BCUT2D eigenvalue weighted by atomic mass is 32.2. The lowest BCUT2D eigenvalue weighted by molar-refractivity contribution is -0.0508. The zero-order valence-electron chi connectivity index (χ0n) is 13.8. The molecule has 0 aliphatic carbocycles. The second-order valence-corrected chi connectivity index (χ2v) is 8.69. The number of aliphatic hydroxyl groups excluding tert-OH is 1. The van der Waals surface area contributed by atoms with Crippen molar-refractivity contribution in [3.05, 3.63) is 12.0 Å². The Hall–Kier alpha value is -0.960. The summed E-state index contributed by atoms with van der Waals surface area (Å²) < 4.78 is 27.3. The predicted octanol–water partition coefficient (Wildman–Crippen LogP) is 0.439. The molecule has 0 aromatic carbocycles. The standard InChI is InChI=1S/C15H26N4O3S/c1-3-13-16-9-14(17-13)23(21,22)19-8-6-15(11-20)5-4-7-18(2)12(15)10-19/h9,12,20H,3-8,10-11H2,1-2H3,(H,16,17)/t12-,15-/m1/s1. The van der Waals surface area contributed by atoms with Gasteiger partial charge in [-0.05, 0) is 32.9 Å². The number of nitrogens with zero attached hydrogens (tertiary/aromatic N) is 3. The Morgan fingerprint density at radius 3 is 2.87 bits per heavy atom. The van der Waals surface area contributed by atoms with E-state index in [-0.39, 0.29) is 23.1 Å². The molecule has 23 heavy (non-hydrogen) atoms. The van der Waals surface area contributed by atoms with Crippen LogP contribution in [0.4, 0.5) is 0 Å². The summed E-state index contributed by atoms with van der Waals surface area (Å²) in [5.74, 6) is 0.681. The Morgan fingerprint density at radius 2 is 2.22 bits per heavy atom. The summed E-state index contributed by atoms with van der Waals surface area (Å²) in [6, 6.07) is 0.0679. The Morgan fingerprint density at radius 1 is 1.43 bits per heavy atom. The van der Waals surface area contributed by atoms with Crippen LogP contribution in [0.25, 0.3) is 0 Å². The van der Waals surface area contributed by atoms with Gasteiger partial charge in [-0.25, -0.2) is 13.4 Å². The number of fused-ring (bicyclic) bond motifs is 1. The molecule has 0 amide bonds. The zero-order chi connectivity index (χ0) is 16.7. The number of aromatic nitrogens is 2. The van der Waals surface area contributed by atoms with E-state index in [9.17, 15) is 13.5 Å². The Balaban J connectivity index is 1.85. The first-order valence-corrected chi connectivity index (χ1v) is 9.72. The number of aromatic amines is 1. The lowest BCUT2D eigenvalue weighted by Gasteiger charge is -2.53. The van der Waals surface area contributed by atoms with E-state index in [2.05, 4.69) is 14.9 Å². The average Bonchev–Trinajstić information content (AvgIpc) is 3.04. The van der Waals surface area contributed by atoms with Gasteiger partial charge in [0.25, 0.3) is 10.0 Å². The van der Waals surface area contributed by atoms with Gasteiger partial charge >= 0.3 is 0 Å². The van der Waals surface area contributed by atoms with Gasteiger partial charge in [0, 0.05) is 31.0 Å². The van der Waals surface area contributed by atoms with Crippen LogP contribution in [-0.2, 0) is 16.4 Å². The molecular formula is C15H26N4O3S. The van der Waals surface area contributed by atoms with Gasteiger partial charge in [-0.1, -0.05) is 6.92 Å². The fourth-order valence-corrected chi connectivity index (χ4v) is 5.38. The van der Waals surface area contributed by atoms with Crippen LogP contribution in [0, 0.1) is 5.41 Å². The third kappa shape index (κ3) is 2.82. The molecule has 2 atom stereocenters. The first kappa shape index (κ1) is 16.9. The average molecular weight is 342 g/mol. The maximum Gasteiger partial charge on any atom is 0.260 e. The molecule has 3 rings (SSSR count). The fraction of sp³-hybridized carbons (Fsp3) is 0.800. The van der Waals surface area contributed by atoms with Gasteiger partial charge in [-0.2, -0.15) is 4.31 Å². The molecule has 0 radical (unpaired) electrons. The summed E-state index contributed by atoms with van der Waals surface area (Å²) in [5.41, 5.74) is -0.165. The summed E-state index contributed by atoms with van der Waals surface area (Å²) in [4.78, 5) is 9.21. The molecule has 2 aliphatic heterocycles. The van der Waals surface area contributed by atoms with Gasteiger partial charge < -0.3 is 15.0 Å². The van der Waals surface area contributed by atoms with Crippen LogP contribution in [0.5, 0.6) is 0 Å². The van der Waals surface area contributed by atoms with E-state index in [1.54, 1.807) is 4.31 Å². The number of rotatable bonds is 4. The number of sulfonamides is 1. The zero-order valence-corrected chi connectivity index (χ0v) is 14.6. The quantitative estimate of drug-likeness (QED) is 0.829. The maximum absolute atomic E-state index is 12.9. The largest absolute Gasteiger partial charge is 0.396 e. The molecule has 7 nitrogen and oxygen atoms in total. The lowest BCUT2D eigenvalue weighted by Crippen LogP contribution is -2.62. The summed E-state index contributed by atoms with van der Waals surface area (Å²) >= 11 is 0. The normalized spacial score (nSPS) is 30.3. The van der Waals surface area contributed by atoms with E-state index < -0.39 is 10.0 Å². The Bertz CT molecular complexity index is 659. The van der Waals surface area contributed by atoms with E-state index in [4.69, 9.17) is 0 Å². The number of hydrogen-bond donors (Lipinski definition) is 2. The summed E-state index contributed by atoms with van der Waals surface area (Å²) in [6.07, 6.45) is 4.81. The van der Waals surface area contributed by atoms with E-state index in [0.29, 0.717) is 31.8 Å². The molecule has 2 N–H and O–H groups in total. The number of likely N-dealkylation sites (tertiary alicyclic amines) is 1. The molecule has 0 bridgehead atoms. The SMILES string of the molecule is CCc1ncc(S(=O)(=O)N2CC[C@@]3(CO)CCCN(C)[C@@H]3C2)[nH]1.